The van der Waals surface area contributed by atoms with Gasteiger partial charge in [-0.15, -0.1) is 10.2 Å². The molecule has 4 nitrogen and oxygen atoms in total. The first kappa shape index (κ1) is 11.6. The van der Waals surface area contributed by atoms with Gasteiger partial charge in [0, 0.05) is 5.41 Å². The summed E-state index contributed by atoms with van der Waals surface area (Å²) >= 11 is 0. The van der Waals surface area contributed by atoms with Crippen LogP contribution in [0.5, 0.6) is 0 Å². The molecule has 16 heavy (non-hydrogen) atoms. The molecule has 0 spiro atoms. The maximum absolute atomic E-state index is 5.74. The number of rotatable bonds is 4. The van der Waals surface area contributed by atoms with E-state index in [2.05, 4.69) is 29.4 Å². The van der Waals surface area contributed by atoms with Crippen LogP contribution in [0.4, 0.5) is 0 Å². The van der Waals surface area contributed by atoms with Crippen molar-refractivity contribution in [2.24, 2.45) is 0 Å². The first-order chi connectivity index (χ1) is 7.74. The van der Waals surface area contributed by atoms with Crippen LogP contribution in [-0.4, -0.2) is 16.7 Å². The van der Waals surface area contributed by atoms with Gasteiger partial charge in [-0.25, -0.2) is 0 Å². The molecule has 1 heterocycles. The molecule has 1 aromatic heterocycles. The van der Waals surface area contributed by atoms with Gasteiger partial charge in [-0.05, 0) is 19.4 Å². The topological polar surface area (TPSA) is 51.0 Å². The van der Waals surface area contributed by atoms with E-state index in [1.807, 2.05) is 0 Å². The van der Waals surface area contributed by atoms with Gasteiger partial charge in [-0.2, -0.15) is 0 Å². The summed E-state index contributed by atoms with van der Waals surface area (Å²) in [6.07, 6.45) is 6.25. The second-order valence-corrected chi connectivity index (χ2v) is 4.90. The van der Waals surface area contributed by atoms with Crippen molar-refractivity contribution in [3.05, 3.63) is 11.8 Å². The van der Waals surface area contributed by atoms with Gasteiger partial charge in [0.05, 0.1) is 6.54 Å². The molecule has 4 heteroatoms. The highest BCUT2D eigenvalue weighted by Gasteiger charge is 2.33. The fourth-order valence-electron chi connectivity index (χ4n) is 2.35. The monoisotopic (exact) mass is 223 g/mol. The molecule has 1 saturated carbocycles. The van der Waals surface area contributed by atoms with E-state index in [1.54, 1.807) is 0 Å². The quantitative estimate of drug-likeness (QED) is 0.851. The second-order valence-electron chi connectivity index (χ2n) is 4.90. The smallest absolute Gasteiger partial charge is 0.230 e. The molecule has 1 aliphatic carbocycles. The molecule has 0 amide bonds. The summed E-state index contributed by atoms with van der Waals surface area (Å²) < 4.78 is 5.74. The zero-order valence-corrected chi connectivity index (χ0v) is 10.3. The fourth-order valence-corrected chi connectivity index (χ4v) is 2.35. The highest BCUT2D eigenvalue weighted by atomic mass is 16.4. The Morgan fingerprint density at radius 1 is 1.25 bits per heavy atom. The maximum Gasteiger partial charge on any atom is 0.230 e. The Morgan fingerprint density at radius 3 is 2.69 bits per heavy atom. The summed E-state index contributed by atoms with van der Waals surface area (Å²) in [5, 5.41) is 11.5. The lowest BCUT2D eigenvalue weighted by atomic mass is 9.76. The molecular weight excluding hydrogens is 202 g/mol. The normalized spacial score (nSPS) is 19.9. The number of nitrogens with one attached hydrogen (secondary N) is 1. The molecule has 1 N–H and O–H groups in total. The molecule has 0 aliphatic heterocycles. The van der Waals surface area contributed by atoms with Crippen molar-refractivity contribution >= 4 is 0 Å². The third-order valence-electron chi connectivity index (χ3n) is 3.47. The maximum atomic E-state index is 5.74. The van der Waals surface area contributed by atoms with Crippen molar-refractivity contribution in [3.63, 3.8) is 0 Å². The minimum atomic E-state index is 0.121. The van der Waals surface area contributed by atoms with Crippen molar-refractivity contribution in [3.8, 4) is 0 Å². The fraction of sp³-hybridized carbons (Fsp3) is 0.833. The summed E-state index contributed by atoms with van der Waals surface area (Å²) in [7, 11) is 0. The Kier molecular flexibility index (Phi) is 3.59. The summed E-state index contributed by atoms with van der Waals surface area (Å²) in [4.78, 5) is 0. The van der Waals surface area contributed by atoms with Crippen molar-refractivity contribution in [2.45, 2.75) is 57.9 Å². The largest absolute Gasteiger partial charge is 0.423 e. The molecule has 1 aliphatic rings. The van der Waals surface area contributed by atoms with Gasteiger partial charge in [0.2, 0.25) is 11.8 Å². The van der Waals surface area contributed by atoms with Crippen LogP contribution < -0.4 is 5.32 Å². The Balaban J connectivity index is 2.05. The number of hydrogen-bond acceptors (Lipinski definition) is 4. The molecule has 0 radical (unpaired) electrons. The molecule has 0 aromatic carbocycles. The number of nitrogens with zero attached hydrogens (tertiary/aromatic N) is 2. The van der Waals surface area contributed by atoms with Crippen LogP contribution in [0, 0.1) is 0 Å². The third-order valence-corrected chi connectivity index (χ3v) is 3.47. The predicted octanol–water partition coefficient (Wildman–Crippen LogP) is 2.40. The van der Waals surface area contributed by atoms with E-state index in [1.165, 1.54) is 32.1 Å². The average Bonchev–Trinajstić information content (AvgIpc) is 2.77. The number of aromatic nitrogens is 2. The van der Waals surface area contributed by atoms with Gasteiger partial charge in [0.1, 0.15) is 0 Å². The van der Waals surface area contributed by atoms with E-state index >= 15 is 0 Å². The Labute approximate surface area is 96.8 Å². The van der Waals surface area contributed by atoms with E-state index in [9.17, 15) is 0 Å². The minimum absolute atomic E-state index is 0.121. The van der Waals surface area contributed by atoms with Crippen LogP contribution in [0.2, 0.25) is 0 Å². The SMILES string of the molecule is CCNCc1nnc(C2(C)CCCCC2)o1. The van der Waals surface area contributed by atoms with Crippen LogP contribution >= 0.6 is 0 Å². The molecule has 1 aromatic rings. The Bertz CT molecular complexity index is 329. The predicted molar refractivity (Wildman–Crippen MR) is 62.1 cm³/mol. The summed E-state index contributed by atoms with van der Waals surface area (Å²) in [6, 6.07) is 0. The second kappa shape index (κ2) is 4.95. The van der Waals surface area contributed by atoms with Gasteiger partial charge in [-0.3, -0.25) is 0 Å². The van der Waals surface area contributed by atoms with Crippen LogP contribution in [-0.2, 0) is 12.0 Å². The van der Waals surface area contributed by atoms with E-state index < -0.39 is 0 Å². The van der Waals surface area contributed by atoms with Crippen molar-refractivity contribution in [1.82, 2.24) is 15.5 Å². The minimum Gasteiger partial charge on any atom is -0.423 e. The van der Waals surface area contributed by atoms with Crippen LogP contribution in [0.3, 0.4) is 0 Å². The van der Waals surface area contributed by atoms with Crippen LogP contribution in [0.1, 0.15) is 57.7 Å². The van der Waals surface area contributed by atoms with E-state index in [0.29, 0.717) is 12.4 Å². The lowest BCUT2D eigenvalue weighted by Crippen LogP contribution is -2.25. The van der Waals surface area contributed by atoms with Crippen molar-refractivity contribution in [1.29, 1.82) is 0 Å². The summed E-state index contributed by atoms with van der Waals surface area (Å²) in [5.41, 5.74) is 0.121. The molecule has 0 bridgehead atoms. The molecule has 90 valence electrons. The molecule has 2 rings (SSSR count). The molecule has 0 saturated heterocycles. The highest BCUT2D eigenvalue weighted by molar-refractivity contribution is 5.03. The molecule has 0 unspecified atom stereocenters. The Morgan fingerprint density at radius 2 is 2.00 bits per heavy atom. The molecule has 0 atom stereocenters. The van der Waals surface area contributed by atoms with Gasteiger partial charge in [0.25, 0.3) is 0 Å². The lowest BCUT2D eigenvalue weighted by molar-refractivity contribution is 0.251. The van der Waals surface area contributed by atoms with Crippen LogP contribution in [0.15, 0.2) is 4.42 Å². The van der Waals surface area contributed by atoms with Crippen molar-refractivity contribution < 1.29 is 4.42 Å². The van der Waals surface area contributed by atoms with Gasteiger partial charge in [-0.1, -0.05) is 33.1 Å². The standard InChI is InChI=1S/C12H21N3O/c1-3-13-9-10-14-15-11(16-10)12(2)7-5-4-6-8-12/h13H,3-9H2,1-2H3. The zero-order valence-electron chi connectivity index (χ0n) is 10.3. The van der Waals surface area contributed by atoms with Gasteiger partial charge < -0.3 is 9.73 Å². The lowest BCUT2D eigenvalue weighted by Gasteiger charge is -2.29. The average molecular weight is 223 g/mol. The first-order valence-corrected chi connectivity index (χ1v) is 6.28. The van der Waals surface area contributed by atoms with Gasteiger partial charge in [0.15, 0.2) is 0 Å². The van der Waals surface area contributed by atoms with E-state index in [-0.39, 0.29) is 5.41 Å². The van der Waals surface area contributed by atoms with Crippen molar-refractivity contribution in [2.75, 3.05) is 6.54 Å². The highest BCUT2D eigenvalue weighted by Crippen LogP contribution is 2.37. The third kappa shape index (κ3) is 2.43. The van der Waals surface area contributed by atoms with E-state index in [0.717, 1.165) is 12.4 Å². The Hall–Kier alpha value is -0.900. The number of hydrogen-bond donors (Lipinski definition) is 1. The van der Waals surface area contributed by atoms with Crippen LogP contribution in [0.25, 0.3) is 0 Å². The summed E-state index contributed by atoms with van der Waals surface area (Å²) in [6.45, 7) is 5.92. The zero-order chi connectivity index (χ0) is 11.4. The first-order valence-electron chi connectivity index (χ1n) is 6.28. The van der Waals surface area contributed by atoms with Gasteiger partial charge >= 0.3 is 0 Å². The molecule has 1 fully saturated rings. The molecular formula is C12H21N3O. The summed E-state index contributed by atoms with van der Waals surface area (Å²) in [5.74, 6) is 1.55. The van der Waals surface area contributed by atoms with E-state index in [4.69, 9.17) is 4.42 Å².